The quantitative estimate of drug-likeness (QED) is 0.366. The van der Waals surface area contributed by atoms with Gasteiger partial charge in [-0.2, -0.15) is 0 Å². The normalized spacial score (nSPS) is 17.3. The van der Waals surface area contributed by atoms with Crippen LogP contribution in [0.3, 0.4) is 0 Å². The Labute approximate surface area is 185 Å². The lowest BCUT2D eigenvalue weighted by atomic mass is 10.0. The van der Waals surface area contributed by atoms with Crippen molar-refractivity contribution < 1.29 is 4.74 Å². The fourth-order valence-corrected chi connectivity index (χ4v) is 3.44. The summed E-state index contributed by atoms with van der Waals surface area (Å²) >= 11 is 0. The molecule has 1 heterocycles. The van der Waals surface area contributed by atoms with Gasteiger partial charge in [0.1, 0.15) is 0 Å². The van der Waals surface area contributed by atoms with Crippen molar-refractivity contribution in [2.24, 2.45) is 4.99 Å². The Morgan fingerprint density at radius 1 is 1.00 bits per heavy atom. The Balaban J connectivity index is 0.00000280. The van der Waals surface area contributed by atoms with Crippen molar-refractivity contribution in [3.05, 3.63) is 71.8 Å². The van der Waals surface area contributed by atoms with E-state index in [1.165, 1.54) is 11.1 Å². The van der Waals surface area contributed by atoms with Crippen LogP contribution in [0.15, 0.2) is 65.7 Å². The van der Waals surface area contributed by atoms with Crippen molar-refractivity contribution in [3.63, 3.8) is 0 Å². The van der Waals surface area contributed by atoms with Gasteiger partial charge in [0.25, 0.3) is 0 Å². The SMILES string of the molecule is CN=C(NCC(c1ccccc1)N1CCOCC1)NC(C)c1ccccc1.I. The van der Waals surface area contributed by atoms with E-state index in [1.54, 1.807) is 0 Å². The van der Waals surface area contributed by atoms with Crippen LogP contribution in [0.1, 0.15) is 30.1 Å². The summed E-state index contributed by atoms with van der Waals surface area (Å²) in [6, 6.07) is 21.6. The summed E-state index contributed by atoms with van der Waals surface area (Å²) in [4.78, 5) is 6.90. The first-order valence-corrected chi connectivity index (χ1v) is 9.67. The van der Waals surface area contributed by atoms with Gasteiger partial charge in [0.05, 0.1) is 25.3 Å². The molecule has 3 rings (SSSR count). The van der Waals surface area contributed by atoms with E-state index in [4.69, 9.17) is 4.74 Å². The van der Waals surface area contributed by atoms with Gasteiger partial charge in [-0.05, 0) is 18.1 Å². The number of halogens is 1. The topological polar surface area (TPSA) is 48.9 Å². The highest BCUT2D eigenvalue weighted by molar-refractivity contribution is 14.0. The summed E-state index contributed by atoms with van der Waals surface area (Å²) in [5.41, 5.74) is 2.56. The van der Waals surface area contributed by atoms with E-state index in [-0.39, 0.29) is 30.0 Å². The molecule has 2 aromatic rings. The number of nitrogens with one attached hydrogen (secondary N) is 2. The minimum Gasteiger partial charge on any atom is -0.379 e. The molecule has 1 aliphatic rings. The smallest absolute Gasteiger partial charge is 0.191 e. The summed E-state index contributed by atoms with van der Waals surface area (Å²) in [6.07, 6.45) is 0. The number of rotatable bonds is 6. The van der Waals surface area contributed by atoms with Gasteiger partial charge in [-0.3, -0.25) is 9.89 Å². The van der Waals surface area contributed by atoms with Gasteiger partial charge in [-0.25, -0.2) is 0 Å². The minimum atomic E-state index is 0. The second-order valence-electron chi connectivity index (χ2n) is 6.80. The summed E-state index contributed by atoms with van der Waals surface area (Å²) < 4.78 is 5.54. The summed E-state index contributed by atoms with van der Waals surface area (Å²) in [6.45, 7) is 6.44. The van der Waals surface area contributed by atoms with Crippen molar-refractivity contribution in [1.29, 1.82) is 0 Å². The first kappa shape index (κ1) is 22.6. The molecule has 2 atom stereocenters. The van der Waals surface area contributed by atoms with E-state index in [0.717, 1.165) is 38.8 Å². The first-order chi connectivity index (χ1) is 13.3. The first-order valence-electron chi connectivity index (χ1n) is 9.67. The third-order valence-electron chi connectivity index (χ3n) is 5.01. The van der Waals surface area contributed by atoms with Gasteiger partial charge in [-0.15, -0.1) is 24.0 Å². The van der Waals surface area contributed by atoms with Crippen LogP contribution in [0.25, 0.3) is 0 Å². The molecular formula is C22H31IN4O. The zero-order chi connectivity index (χ0) is 18.9. The van der Waals surface area contributed by atoms with E-state index >= 15 is 0 Å². The van der Waals surface area contributed by atoms with Gasteiger partial charge >= 0.3 is 0 Å². The summed E-state index contributed by atoms with van der Waals surface area (Å²) in [5, 5.41) is 7.01. The van der Waals surface area contributed by atoms with Crippen molar-refractivity contribution in [1.82, 2.24) is 15.5 Å². The predicted octanol–water partition coefficient (Wildman–Crippen LogP) is 3.60. The van der Waals surface area contributed by atoms with Crippen LogP contribution >= 0.6 is 24.0 Å². The molecule has 6 heteroatoms. The van der Waals surface area contributed by atoms with Gasteiger partial charge in [0.2, 0.25) is 0 Å². The number of nitrogens with zero attached hydrogens (tertiary/aromatic N) is 2. The number of aliphatic imine (C=N–C) groups is 1. The zero-order valence-electron chi connectivity index (χ0n) is 16.7. The molecule has 0 spiro atoms. The van der Waals surface area contributed by atoms with Crippen LogP contribution in [0, 0.1) is 0 Å². The number of benzene rings is 2. The number of morpholine rings is 1. The Bertz CT molecular complexity index is 705. The van der Waals surface area contributed by atoms with Gasteiger partial charge < -0.3 is 15.4 Å². The molecule has 1 fully saturated rings. The lowest BCUT2D eigenvalue weighted by Crippen LogP contribution is -2.46. The van der Waals surface area contributed by atoms with E-state index in [2.05, 4.69) is 82.0 Å². The maximum Gasteiger partial charge on any atom is 0.191 e. The fourth-order valence-electron chi connectivity index (χ4n) is 3.44. The van der Waals surface area contributed by atoms with E-state index in [1.807, 2.05) is 13.1 Å². The lowest BCUT2D eigenvalue weighted by molar-refractivity contribution is 0.0170. The Kier molecular flexibility index (Phi) is 9.73. The molecule has 152 valence electrons. The van der Waals surface area contributed by atoms with Gasteiger partial charge in [0, 0.05) is 26.7 Å². The van der Waals surface area contributed by atoms with E-state index in [0.29, 0.717) is 6.04 Å². The second-order valence-corrected chi connectivity index (χ2v) is 6.80. The molecule has 0 saturated carbocycles. The van der Waals surface area contributed by atoms with E-state index < -0.39 is 0 Å². The molecule has 0 aliphatic carbocycles. The highest BCUT2D eigenvalue weighted by Gasteiger charge is 2.23. The molecular weight excluding hydrogens is 463 g/mol. The maximum atomic E-state index is 5.54. The van der Waals surface area contributed by atoms with Crippen molar-refractivity contribution in [2.75, 3.05) is 39.9 Å². The molecule has 2 unspecified atom stereocenters. The number of ether oxygens (including phenoxy) is 1. The highest BCUT2D eigenvalue weighted by atomic mass is 127. The monoisotopic (exact) mass is 494 g/mol. The van der Waals surface area contributed by atoms with E-state index in [9.17, 15) is 0 Å². The average Bonchev–Trinajstić information content (AvgIpc) is 2.75. The number of hydrogen-bond acceptors (Lipinski definition) is 3. The molecule has 0 radical (unpaired) electrons. The van der Waals surface area contributed by atoms with Crippen LogP contribution in [-0.4, -0.2) is 50.8 Å². The molecule has 0 aromatic heterocycles. The third-order valence-corrected chi connectivity index (χ3v) is 5.01. The molecule has 2 aromatic carbocycles. The van der Waals surface area contributed by atoms with Crippen LogP contribution in [0.4, 0.5) is 0 Å². The van der Waals surface area contributed by atoms with Crippen LogP contribution in [-0.2, 0) is 4.74 Å². The van der Waals surface area contributed by atoms with Gasteiger partial charge in [0.15, 0.2) is 5.96 Å². The predicted molar refractivity (Wildman–Crippen MR) is 126 cm³/mol. The minimum absolute atomic E-state index is 0. The fraction of sp³-hybridized carbons (Fsp3) is 0.409. The number of guanidine groups is 1. The molecule has 1 aliphatic heterocycles. The third kappa shape index (κ3) is 6.46. The van der Waals surface area contributed by atoms with Crippen molar-refractivity contribution >= 4 is 29.9 Å². The van der Waals surface area contributed by atoms with Crippen molar-refractivity contribution in [3.8, 4) is 0 Å². The molecule has 28 heavy (non-hydrogen) atoms. The van der Waals surface area contributed by atoms with Gasteiger partial charge in [-0.1, -0.05) is 60.7 Å². The van der Waals surface area contributed by atoms with Crippen LogP contribution in [0.2, 0.25) is 0 Å². The summed E-state index contributed by atoms with van der Waals surface area (Å²) in [7, 11) is 1.82. The van der Waals surface area contributed by atoms with Crippen LogP contribution in [0.5, 0.6) is 0 Å². The Morgan fingerprint density at radius 3 is 2.14 bits per heavy atom. The largest absolute Gasteiger partial charge is 0.379 e. The van der Waals surface area contributed by atoms with Crippen molar-refractivity contribution in [2.45, 2.75) is 19.0 Å². The summed E-state index contributed by atoms with van der Waals surface area (Å²) in [5.74, 6) is 0.820. The standard InChI is InChI=1S/C22H30N4O.HI/c1-18(19-9-5-3-6-10-19)25-22(23-2)24-17-21(20-11-7-4-8-12-20)26-13-15-27-16-14-26;/h3-12,18,21H,13-17H2,1-2H3,(H2,23,24,25);1H. The van der Waals surface area contributed by atoms with Crippen LogP contribution < -0.4 is 10.6 Å². The average molecular weight is 494 g/mol. The Morgan fingerprint density at radius 2 is 1.57 bits per heavy atom. The molecule has 1 saturated heterocycles. The highest BCUT2D eigenvalue weighted by Crippen LogP contribution is 2.21. The molecule has 5 nitrogen and oxygen atoms in total. The Hall–Kier alpha value is -1.64. The maximum absolute atomic E-state index is 5.54. The molecule has 0 amide bonds. The zero-order valence-corrected chi connectivity index (χ0v) is 19.0. The molecule has 2 N–H and O–H groups in total. The lowest BCUT2D eigenvalue weighted by Gasteiger charge is -2.35. The second kappa shape index (κ2) is 12.0. The number of hydrogen-bond donors (Lipinski definition) is 2. The molecule has 0 bridgehead atoms.